The number of rotatable bonds is 6. The molecule has 1 atom stereocenters. The van der Waals surface area contributed by atoms with Crippen LogP contribution in [0.15, 0.2) is 18.3 Å². The van der Waals surface area contributed by atoms with E-state index in [1.165, 1.54) is 17.7 Å². The van der Waals surface area contributed by atoms with Gasteiger partial charge in [0.2, 0.25) is 0 Å². The topological polar surface area (TPSA) is 24.9 Å². The summed E-state index contributed by atoms with van der Waals surface area (Å²) in [5, 5.41) is 3.34. The van der Waals surface area contributed by atoms with Gasteiger partial charge in [-0.25, -0.2) is 0 Å². The lowest BCUT2D eigenvalue weighted by Crippen LogP contribution is -2.19. The minimum atomic E-state index is 0.426. The van der Waals surface area contributed by atoms with Gasteiger partial charge in [-0.05, 0) is 37.8 Å². The van der Waals surface area contributed by atoms with E-state index >= 15 is 0 Å². The Balaban J connectivity index is 2.53. The summed E-state index contributed by atoms with van der Waals surface area (Å²) in [7, 11) is 2.01. The van der Waals surface area contributed by atoms with Crippen LogP contribution < -0.4 is 5.32 Å². The van der Waals surface area contributed by atoms with Crippen molar-refractivity contribution in [2.45, 2.75) is 26.3 Å². The van der Waals surface area contributed by atoms with Crippen LogP contribution in [0.25, 0.3) is 0 Å². The number of thioether (sulfide) groups is 1. The largest absolute Gasteiger partial charge is 0.312 e. The number of hydrogen-bond acceptors (Lipinski definition) is 3. The fraction of sp³-hybridized carbons (Fsp3) is 0.583. The summed E-state index contributed by atoms with van der Waals surface area (Å²) in [6.07, 6.45) is 3.22. The van der Waals surface area contributed by atoms with Crippen LogP contribution in [0.4, 0.5) is 0 Å². The summed E-state index contributed by atoms with van der Waals surface area (Å²) < 4.78 is 0. The quantitative estimate of drug-likeness (QED) is 0.752. The molecule has 84 valence electrons. The molecule has 15 heavy (non-hydrogen) atoms. The van der Waals surface area contributed by atoms with Gasteiger partial charge in [0.1, 0.15) is 0 Å². The van der Waals surface area contributed by atoms with Crippen molar-refractivity contribution in [2.24, 2.45) is 0 Å². The Morgan fingerprint density at radius 3 is 2.80 bits per heavy atom. The van der Waals surface area contributed by atoms with Gasteiger partial charge in [0.25, 0.3) is 0 Å². The predicted molar refractivity (Wildman–Crippen MR) is 68.4 cm³/mol. The lowest BCUT2D eigenvalue weighted by molar-refractivity contribution is 0.658. The van der Waals surface area contributed by atoms with Crippen LogP contribution >= 0.6 is 11.8 Å². The van der Waals surface area contributed by atoms with Crippen molar-refractivity contribution in [1.82, 2.24) is 10.3 Å². The smallest absolute Gasteiger partial charge is 0.0424 e. The van der Waals surface area contributed by atoms with E-state index in [0.29, 0.717) is 6.04 Å². The van der Waals surface area contributed by atoms with Crippen molar-refractivity contribution in [2.75, 3.05) is 18.6 Å². The van der Waals surface area contributed by atoms with E-state index in [4.69, 9.17) is 0 Å². The van der Waals surface area contributed by atoms with E-state index in [1.807, 2.05) is 31.9 Å². The first-order chi connectivity index (χ1) is 7.27. The molecule has 0 spiro atoms. The summed E-state index contributed by atoms with van der Waals surface area (Å²) >= 11 is 1.99. The third-order valence-electron chi connectivity index (χ3n) is 2.32. The van der Waals surface area contributed by atoms with Crippen molar-refractivity contribution in [3.05, 3.63) is 29.6 Å². The van der Waals surface area contributed by atoms with Crippen LogP contribution in [0.5, 0.6) is 0 Å². The van der Waals surface area contributed by atoms with E-state index in [9.17, 15) is 0 Å². The number of aryl methyl sites for hydroxylation is 1. The molecule has 0 saturated carbocycles. The Kier molecular flexibility index (Phi) is 5.73. The van der Waals surface area contributed by atoms with E-state index < -0.39 is 0 Å². The number of aromatic nitrogens is 1. The summed E-state index contributed by atoms with van der Waals surface area (Å²) in [5.41, 5.74) is 2.36. The molecule has 0 aliphatic carbocycles. The van der Waals surface area contributed by atoms with Crippen LogP contribution in [0.2, 0.25) is 0 Å². The number of nitrogens with one attached hydrogen (secondary N) is 1. The highest BCUT2D eigenvalue weighted by atomic mass is 32.2. The van der Waals surface area contributed by atoms with Gasteiger partial charge in [-0.1, -0.05) is 13.0 Å². The molecule has 0 saturated heterocycles. The molecule has 1 aromatic heterocycles. The van der Waals surface area contributed by atoms with E-state index in [2.05, 4.69) is 29.4 Å². The minimum absolute atomic E-state index is 0.426. The van der Waals surface area contributed by atoms with Crippen LogP contribution in [0, 0.1) is 6.92 Å². The van der Waals surface area contributed by atoms with Gasteiger partial charge < -0.3 is 5.32 Å². The molecular weight excluding hydrogens is 204 g/mol. The van der Waals surface area contributed by atoms with Crippen LogP contribution in [-0.2, 0) is 0 Å². The van der Waals surface area contributed by atoms with Gasteiger partial charge in [0.15, 0.2) is 0 Å². The van der Waals surface area contributed by atoms with Gasteiger partial charge in [0, 0.05) is 23.7 Å². The highest BCUT2D eigenvalue weighted by Crippen LogP contribution is 2.17. The van der Waals surface area contributed by atoms with Crippen molar-refractivity contribution in [1.29, 1.82) is 0 Å². The third kappa shape index (κ3) is 4.22. The lowest BCUT2D eigenvalue weighted by Gasteiger charge is -2.15. The molecule has 2 nitrogen and oxygen atoms in total. The standard InChI is InChI=1S/C12H20N2S/c1-4-7-15-9-12(13-3)11-6-5-10(2)14-8-11/h5-6,8,12-13H,4,7,9H2,1-3H3. The maximum Gasteiger partial charge on any atom is 0.0424 e. The van der Waals surface area contributed by atoms with Crippen LogP contribution in [0.1, 0.15) is 30.6 Å². The predicted octanol–water partition coefficient (Wildman–Crippen LogP) is 2.79. The molecule has 0 bridgehead atoms. The third-order valence-corrected chi connectivity index (χ3v) is 3.58. The molecule has 1 N–H and O–H groups in total. The Hall–Kier alpha value is -0.540. The van der Waals surface area contributed by atoms with Crippen molar-refractivity contribution in [3.8, 4) is 0 Å². The zero-order chi connectivity index (χ0) is 11.1. The fourth-order valence-corrected chi connectivity index (χ4v) is 2.43. The molecule has 1 heterocycles. The Morgan fingerprint density at radius 2 is 2.27 bits per heavy atom. The molecule has 0 amide bonds. The highest BCUT2D eigenvalue weighted by molar-refractivity contribution is 7.99. The Morgan fingerprint density at radius 1 is 1.47 bits per heavy atom. The fourth-order valence-electron chi connectivity index (χ4n) is 1.38. The molecule has 3 heteroatoms. The van der Waals surface area contributed by atoms with Gasteiger partial charge in [-0.2, -0.15) is 11.8 Å². The molecule has 0 radical (unpaired) electrons. The van der Waals surface area contributed by atoms with E-state index in [-0.39, 0.29) is 0 Å². The number of pyridine rings is 1. The van der Waals surface area contributed by atoms with E-state index in [0.717, 1.165) is 11.4 Å². The van der Waals surface area contributed by atoms with Gasteiger partial charge >= 0.3 is 0 Å². The zero-order valence-corrected chi connectivity index (χ0v) is 10.6. The van der Waals surface area contributed by atoms with Gasteiger partial charge in [0.05, 0.1) is 0 Å². The first-order valence-corrected chi connectivity index (χ1v) is 6.61. The Labute approximate surface area is 96.9 Å². The van der Waals surface area contributed by atoms with Gasteiger partial charge in [-0.3, -0.25) is 4.98 Å². The van der Waals surface area contributed by atoms with Crippen LogP contribution in [-0.4, -0.2) is 23.5 Å². The first-order valence-electron chi connectivity index (χ1n) is 5.45. The molecule has 1 aromatic rings. The van der Waals surface area contributed by atoms with Crippen molar-refractivity contribution >= 4 is 11.8 Å². The summed E-state index contributed by atoms with van der Waals surface area (Å²) in [6.45, 7) is 4.23. The van der Waals surface area contributed by atoms with E-state index in [1.54, 1.807) is 0 Å². The molecule has 0 aromatic carbocycles. The Bertz CT molecular complexity index is 271. The summed E-state index contributed by atoms with van der Waals surface area (Å²) in [6, 6.07) is 4.66. The number of hydrogen-bond donors (Lipinski definition) is 1. The summed E-state index contributed by atoms with van der Waals surface area (Å²) in [4.78, 5) is 4.33. The minimum Gasteiger partial charge on any atom is -0.312 e. The molecule has 1 unspecified atom stereocenters. The van der Waals surface area contributed by atoms with Crippen molar-refractivity contribution < 1.29 is 0 Å². The first kappa shape index (κ1) is 12.5. The normalized spacial score (nSPS) is 12.7. The lowest BCUT2D eigenvalue weighted by atomic mass is 10.1. The molecule has 0 aliphatic heterocycles. The molecular formula is C12H20N2S. The SMILES string of the molecule is CCCSCC(NC)c1ccc(C)nc1. The second-order valence-electron chi connectivity index (χ2n) is 3.65. The maximum atomic E-state index is 4.33. The second-order valence-corrected chi connectivity index (χ2v) is 4.80. The number of nitrogens with zero attached hydrogens (tertiary/aromatic N) is 1. The van der Waals surface area contributed by atoms with Crippen LogP contribution in [0.3, 0.4) is 0 Å². The van der Waals surface area contributed by atoms with Crippen molar-refractivity contribution in [3.63, 3.8) is 0 Å². The maximum absolute atomic E-state index is 4.33. The zero-order valence-electron chi connectivity index (χ0n) is 9.79. The average Bonchev–Trinajstić information content (AvgIpc) is 2.26. The molecule has 1 rings (SSSR count). The highest BCUT2D eigenvalue weighted by Gasteiger charge is 2.08. The molecule has 0 aliphatic rings. The second kappa shape index (κ2) is 6.85. The molecule has 0 fully saturated rings. The average molecular weight is 224 g/mol. The van der Waals surface area contributed by atoms with Gasteiger partial charge in [-0.15, -0.1) is 0 Å². The monoisotopic (exact) mass is 224 g/mol. The summed E-state index contributed by atoms with van der Waals surface area (Å²) in [5.74, 6) is 2.35.